The highest BCUT2D eigenvalue weighted by Gasteiger charge is 2.20. The van der Waals surface area contributed by atoms with E-state index in [-0.39, 0.29) is 5.91 Å². The maximum absolute atomic E-state index is 11.8. The van der Waals surface area contributed by atoms with Crippen molar-refractivity contribution >= 4 is 21.8 Å². The van der Waals surface area contributed by atoms with Crippen LogP contribution in [-0.4, -0.2) is 16.8 Å². The van der Waals surface area contributed by atoms with E-state index in [9.17, 15) is 4.79 Å². The van der Waals surface area contributed by atoms with Gasteiger partial charge in [-0.15, -0.1) is 0 Å². The molecular weight excluding hydrogens is 290 g/mol. The van der Waals surface area contributed by atoms with Crippen LogP contribution in [0.15, 0.2) is 30.3 Å². The zero-order valence-corrected chi connectivity index (χ0v) is 12.2. The quantitative estimate of drug-likeness (QED) is 0.848. The third-order valence-corrected chi connectivity index (χ3v) is 4.42. The predicted octanol–water partition coefficient (Wildman–Crippen LogP) is 3.44. The molecule has 1 aliphatic rings. The lowest BCUT2D eigenvalue weighted by Crippen LogP contribution is -2.37. The van der Waals surface area contributed by atoms with E-state index >= 15 is 0 Å². The lowest BCUT2D eigenvalue weighted by Gasteiger charge is -2.26. The summed E-state index contributed by atoms with van der Waals surface area (Å²) in [5.41, 5.74) is 1.23. The number of nitrogens with one attached hydrogen (secondary N) is 1. The molecule has 1 aromatic rings. The number of carbonyl (C=O) groups is 1. The second-order valence-electron chi connectivity index (χ2n) is 5.00. The molecule has 2 rings (SSSR count). The van der Waals surface area contributed by atoms with Crippen molar-refractivity contribution in [3.8, 4) is 0 Å². The summed E-state index contributed by atoms with van der Waals surface area (Å²) in [7, 11) is 0. The number of carbonyl (C=O) groups excluding carboxylic acids is 1. The van der Waals surface area contributed by atoms with Gasteiger partial charge in [0.15, 0.2) is 0 Å². The van der Waals surface area contributed by atoms with Crippen molar-refractivity contribution in [2.24, 2.45) is 0 Å². The number of hydrogen-bond acceptors (Lipinski definition) is 1. The summed E-state index contributed by atoms with van der Waals surface area (Å²) in [6.07, 6.45) is 5.98. The summed E-state index contributed by atoms with van der Waals surface area (Å²) in [4.78, 5) is 12.5. The fourth-order valence-corrected chi connectivity index (χ4v) is 2.93. The van der Waals surface area contributed by atoms with Gasteiger partial charge in [0.2, 0.25) is 5.91 Å². The number of aryl methyl sites for hydroxylation is 1. The van der Waals surface area contributed by atoms with Crippen molar-refractivity contribution in [2.45, 2.75) is 49.4 Å². The van der Waals surface area contributed by atoms with Crippen molar-refractivity contribution in [2.75, 3.05) is 0 Å². The van der Waals surface area contributed by atoms with Gasteiger partial charge >= 0.3 is 0 Å². The molecule has 0 heterocycles. The fraction of sp³-hybridized carbons (Fsp3) is 0.533. The Bertz CT molecular complexity index is 371. The molecule has 1 amide bonds. The van der Waals surface area contributed by atoms with Crippen molar-refractivity contribution in [1.29, 1.82) is 0 Å². The van der Waals surface area contributed by atoms with Gasteiger partial charge < -0.3 is 5.32 Å². The third kappa shape index (κ3) is 4.45. The molecule has 1 fully saturated rings. The predicted molar refractivity (Wildman–Crippen MR) is 77.9 cm³/mol. The monoisotopic (exact) mass is 309 g/mol. The molecule has 0 spiro atoms. The first kappa shape index (κ1) is 13.6. The Labute approximate surface area is 117 Å². The van der Waals surface area contributed by atoms with E-state index in [1.165, 1.54) is 18.4 Å². The molecule has 1 aromatic carbocycles. The van der Waals surface area contributed by atoms with E-state index in [1.54, 1.807) is 0 Å². The summed E-state index contributed by atoms with van der Waals surface area (Å²) in [5, 5.41) is 3.15. The molecule has 0 bridgehead atoms. The smallest absolute Gasteiger partial charge is 0.220 e. The first-order chi connectivity index (χ1) is 8.74. The largest absolute Gasteiger partial charge is 0.353 e. The van der Waals surface area contributed by atoms with Crippen LogP contribution in [0.2, 0.25) is 0 Å². The van der Waals surface area contributed by atoms with Crippen LogP contribution in [0.5, 0.6) is 0 Å². The Morgan fingerprint density at radius 2 is 1.83 bits per heavy atom. The summed E-state index contributed by atoms with van der Waals surface area (Å²) >= 11 is 3.63. The van der Waals surface area contributed by atoms with Crippen LogP contribution in [-0.2, 0) is 11.2 Å². The Balaban J connectivity index is 1.69. The average molecular weight is 310 g/mol. The maximum atomic E-state index is 11.8. The van der Waals surface area contributed by atoms with Crippen LogP contribution in [0.1, 0.15) is 37.7 Å². The topological polar surface area (TPSA) is 29.1 Å². The van der Waals surface area contributed by atoms with Gasteiger partial charge in [-0.2, -0.15) is 0 Å². The number of rotatable bonds is 4. The van der Waals surface area contributed by atoms with Gasteiger partial charge in [0.25, 0.3) is 0 Å². The van der Waals surface area contributed by atoms with Gasteiger partial charge in [0, 0.05) is 17.3 Å². The Morgan fingerprint density at radius 3 is 2.50 bits per heavy atom. The van der Waals surface area contributed by atoms with E-state index in [4.69, 9.17) is 0 Å². The van der Waals surface area contributed by atoms with Crippen molar-refractivity contribution in [1.82, 2.24) is 5.32 Å². The highest BCUT2D eigenvalue weighted by Crippen LogP contribution is 2.24. The minimum Gasteiger partial charge on any atom is -0.353 e. The number of alkyl halides is 1. The van der Waals surface area contributed by atoms with Crippen LogP contribution in [0.25, 0.3) is 0 Å². The minimum absolute atomic E-state index is 0.192. The summed E-state index contributed by atoms with van der Waals surface area (Å²) in [6.45, 7) is 0. The van der Waals surface area contributed by atoms with Gasteiger partial charge in [0.1, 0.15) is 0 Å². The summed E-state index contributed by atoms with van der Waals surface area (Å²) in [5.74, 6) is 0.192. The lowest BCUT2D eigenvalue weighted by molar-refractivity contribution is -0.121. The van der Waals surface area contributed by atoms with Gasteiger partial charge in [-0.1, -0.05) is 46.3 Å². The molecule has 0 atom stereocenters. The third-order valence-electron chi connectivity index (χ3n) is 3.51. The molecule has 0 radical (unpaired) electrons. The van der Waals surface area contributed by atoms with Crippen LogP contribution in [0.4, 0.5) is 0 Å². The molecule has 3 heteroatoms. The maximum Gasteiger partial charge on any atom is 0.220 e. The van der Waals surface area contributed by atoms with E-state index in [1.807, 2.05) is 18.2 Å². The first-order valence-electron chi connectivity index (χ1n) is 6.71. The zero-order chi connectivity index (χ0) is 12.8. The SMILES string of the molecule is O=C(CCc1ccccc1)NC1CCC(Br)CC1. The molecule has 2 nitrogen and oxygen atoms in total. The highest BCUT2D eigenvalue weighted by molar-refractivity contribution is 9.09. The van der Waals surface area contributed by atoms with Gasteiger partial charge in [-0.25, -0.2) is 0 Å². The van der Waals surface area contributed by atoms with Crippen molar-refractivity contribution in [3.05, 3.63) is 35.9 Å². The Hall–Kier alpha value is -0.830. The fourth-order valence-electron chi connectivity index (χ4n) is 2.40. The van der Waals surface area contributed by atoms with E-state index in [2.05, 4.69) is 33.4 Å². The molecular formula is C15H20BrNO. The van der Waals surface area contributed by atoms with E-state index in [0.717, 1.165) is 19.3 Å². The number of benzene rings is 1. The van der Waals surface area contributed by atoms with Crippen LogP contribution in [0.3, 0.4) is 0 Å². The molecule has 18 heavy (non-hydrogen) atoms. The molecule has 0 unspecified atom stereocenters. The van der Waals surface area contributed by atoms with Gasteiger partial charge in [-0.05, 0) is 37.7 Å². The highest BCUT2D eigenvalue weighted by atomic mass is 79.9. The minimum atomic E-state index is 0.192. The van der Waals surface area contributed by atoms with Gasteiger partial charge in [-0.3, -0.25) is 4.79 Å². The molecule has 1 saturated carbocycles. The lowest BCUT2D eigenvalue weighted by atomic mass is 9.95. The van der Waals surface area contributed by atoms with Crippen molar-refractivity contribution < 1.29 is 4.79 Å². The van der Waals surface area contributed by atoms with Crippen LogP contribution < -0.4 is 5.32 Å². The molecule has 1 aliphatic carbocycles. The summed E-state index contributed by atoms with van der Waals surface area (Å²) < 4.78 is 0. The molecule has 1 N–H and O–H groups in total. The average Bonchev–Trinajstić information content (AvgIpc) is 2.40. The second kappa shape index (κ2) is 6.93. The van der Waals surface area contributed by atoms with Crippen LogP contribution in [0, 0.1) is 0 Å². The molecule has 0 aliphatic heterocycles. The molecule has 98 valence electrons. The second-order valence-corrected chi connectivity index (χ2v) is 6.30. The normalized spacial score (nSPS) is 23.6. The Morgan fingerprint density at radius 1 is 1.17 bits per heavy atom. The number of amides is 1. The van der Waals surface area contributed by atoms with E-state index < -0.39 is 0 Å². The molecule has 0 saturated heterocycles. The number of hydrogen-bond donors (Lipinski definition) is 1. The Kier molecular flexibility index (Phi) is 5.24. The molecule has 0 aromatic heterocycles. The zero-order valence-electron chi connectivity index (χ0n) is 10.6. The standard InChI is InChI=1S/C15H20BrNO/c16-13-7-9-14(10-8-13)17-15(18)11-6-12-4-2-1-3-5-12/h1-5,13-14H,6-11H2,(H,17,18). The van der Waals surface area contributed by atoms with E-state index in [0.29, 0.717) is 17.3 Å². The van der Waals surface area contributed by atoms with Crippen molar-refractivity contribution in [3.63, 3.8) is 0 Å². The number of halogens is 1. The summed E-state index contributed by atoms with van der Waals surface area (Å²) in [6, 6.07) is 10.6. The first-order valence-corrected chi connectivity index (χ1v) is 7.63. The van der Waals surface area contributed by atoms with Gasteiger partial charge in [0.05, 0.1) is 0 Å². The van der Waals surface area contributed by atoms with Crippen LogP contribution >= 0.6 is 15.9 Å².